The first-order valence-corrected chi connectivity index (χ1v) is 7.07. The summed E-state index contributed by atoms with van der Waals surface area (Å²) in [4.78, 5) is 11.8. The molecule has 0 bridgehead atoms. The highest BCUT2D eigenvalue weighted by Crippen LogP contribution is 2.11. The number of hydrogen-bond donors (Lipinski definition) is 1. The van der Waals surface area contributed by atoms with Crippen LogP contribution in [0.5, 0.6) is 0 Å². The van der Waals surface area contributed by atoms with Gasteiger partial charge in [-0.05, 0) is 11.5 Å². The molecule has 0 saturated heterocycles. The molecule has 4 nitrogen and oxygen atoms in total. The molecule has 0 radical (unpaired) electrons. The van der Waals surface area contributed by atoms with Gasteiger partial charge in [0.1, 0.15) is 0 Å². The number of carbonyl (C=O) groups is 1. The predicted molar refractivity (Wildman–Crippen MR) is 79.3 cm³/mol. The number of nitrogens with two attached hydrogens (primary N) is 1. The molecule has 112 valence electrons. The second-order valence-electron chi connectivity index (χ2n) is 5.08. The lowest BCUT2D eigenvalue weighted by molar-refractivity contribution is -0.154. The van der Waals surface area contributed by atoms with Gasteiger partial charge in [0.2, 0.25) is 0 Å². The van der Waals surface area contributed by atoms with E-state index in [2.05, 4.69) is 13.8 Å². The third kappa shape index (κ3) is 5.31. The maximum absolute atomic E-state index is 11.8. The number of carbonyl (C=O) groups excluding carboxylic acids is 1. The van der Waals surface area contributed by atoms with Crippen LogP contribution >= 0.6 is 0 Å². The zero-order chi connectivity index (χ0) is 15.0. The number of rotatable bonds is 8. The Morgan fingerprint density at radius 1 is 1.30 bits per heavy atom. The Balaban J connectivity index is 2.59. The molecule has 3 atom stereocenters. The highest BCUT2D eigenvalue weighted by Gasteiger charge is 2.22. The van der Waals surface area contributed by atoms with E-state index in [1.165, 1.54) is 7.11 Å². The van der Waals surface area contributed by atoms with Crippen molar-refractivity contribution in [3.05, 3.63) is 35.9 Å². The van der Waals surface area contributed by atoms with Gasteiger partial charge in [0.25, 0.3) is 0 Å². The molecular formula is C16H25NO3. The summed E-state index contributed by atoms with van der Waals surface area (Å²) in [5.41, 5.74) is 7.08. The maximum Gasteiger partial charge on any atom is 0.335 e. The quantitative estimate of drug-likeness (QED) is 0.741. The first-order chi connectivity index (χ1) is 9.58. The monoisotopic (exact) mass is 279 g/mol. The Bertz CT molecular complexity index is 394. The van der Waals surface area contributed by atoms with Gasteiger partial charge >= 0.3 is 5.97 Å². The van der Waals surface area contributed by atoms with Gasteiger partial charge in [-0.2, -0.15) is 0 Å². The minimum atomic E-state index is -0.600. The van der Waals surface area contributed by atoms with Crippen LogP contribution in [0.3, 0.4) is 0 Å². The van der Waals surface area contributed by atoms with Crippen LogP contribution in [0.1, 0.15) is 25.8 Å². The molecule has 1 rings (SSSR count). The van der Waals surface area contributed by atoms with Crippen molar-refractivity contribution in [3.8, 4) is 0 Å². The number of hydrogen-bond acceptors (Lipinski definition) is 4. The molecule has 0 aromatic heterocycles. The maximum atomic E-state index is 11.8. The summed E-state index contributed by atoms with van der Waals surface area (Å²) in [7, 11) is 1.37. The minimum absolute atomic E-state index is 0.0667. The van der Waals surface area contributed by atoms with E-state index in [9.17, 15) is 4.79 Å². The largest absolute Gasteiger partial charge is 0.467 e. The van der Waals surface area contributed by atoms with Crippen LogP contribution < -0.4 is 5.73 Å². The van der Waals surface area contributed by atoms with Gasteiger partial charge in [-0.3, -0.25) is 0 Å². The Morgan fingerprint density at radius 2 is 1.95 bits per heavy atom. The van der Waals surface area contributed by atoms with E-state index in [1.807, 2.05) is 30.3 Å². The third-order valence-electron chi connectivity index (χ3n) is 3.59. The summed E-state index contributed by atoms with van der Waals surface area (Å²) in [6, 6.07) is 9.68. The van der Waals surface area contributed by atoms with Crippen molar-refractivity contribution in [2.45, 2.75) is 38.8 Å². The Hall–Kier alpha value is -1.39. The van der Waals surface area contributed by atoms with Gasteiger partial charge in [0, 0.05) is 12.5 Å². The zero-order valence-corrected chi connectivity index (χ0v) is 12.5. The number of methoxy groups -OCH3 is 1. The number of benzene rings is 1. The van der Waals surface area contributed by atoms with Crippen LogP contribution in [0.15, 0.2) is 30.3 Å². The van der Waals surface area contributed by atoms with Crippen molar-refractivity contribution >= 4 is 5.97 Å². The summed E-state index contributed by atoms with van der Waals surface area (Å²) in [5.74, 6) is 0.00947. The SMILES string of the molecule is CCC(C)[C@H](N)CO[C@H](Cc1ccccc1)C(=O)OC. The molecule has 0 saturated carbocycles. The number of ether oxygens (including phenoxy) is 2. The first kappa shape index (κ1) is 16.7. The highest BCUT2D eigenvalue weighted by molar-refractivity contribution is 5.74. The van der Waals surface area contributed by atoms with Crippen LogP contribution in [0.2, 0.25) is 0 Å². The van der Waals surface area contributed by atoms with Crippen molar-refractivity contribution < 1.29 is 14.3 Å². The molecule has 0 aliphatic rings. The molecule has 0 spiro atoms. The second-order valence-corrected chi connectivity index (χ2v) is 5.08. The fourth-order valence-electron chi connectivity index (χ4n) is 1.86. The van der Waals surface area contributed by atoms with Crippen molar-refractivity contribution in [1.29, 1.82) is 0 Å². The van der Waals surface area contributed by atoms with Crippen molar-refractivity contribution in [2.75, 3.05) is 13.7 Å². The van der Waals surface area contributed by atoms with E-state index in [-0.39, 0.29) is 12.0 Å². The minimum Gasteiger partial charge on any atom is -0.467 e. The normalized spacial score (nSPS) is 15.4. The highest BCUT2D eigenvalue weighted by atomic mass is 16.6. The molecule has 0 amide bonds. The van der Waals surface area contributed by atoms with Crippen molar-refractivity contribution in [3.63, 3.8) is 0 Å². The van der Waals surface area contributed by atoms with Crippen LogP contribution in [-0.2, 0) is 20.7 Å². The van der Waals surface area contributed by atoms with Crippen molar-refractivity contribution in [2.24, 2.45) is 11.7 Å². The van der Waals surface area contributed by atoms with Gasteiger partial charge < -0.3 is 15.2 Å². The molecule has 1 aromatic rings. The van der Waals surface area contributed by atoms with E-state index < -0.39 is 6.10 Å². The fraction of sp³-hybridized carbons (Fsp3) is 0.562. The average Bonchev–Trinajstić information content (AvgIpc) is 2.50. The summed E-state index contributed by atoms with van der Waals surface area (Å²) >= 11 is 0. The van der Waals surface area contributed by atoms with E-state index in [0.29, 0.717) is 18.9 Å². The molecule has 2 N–H and O–H groups in total. The molecule has 1 unspecified atom stereocenters. The molecule has 1 aromatic carbocycles. The second kappa shape index (κ2) is 8.72. The molecule has 0 fully saturated rings. The molecular weight excluding hydrogens is 254 g/mol. The lowest BCUT2D eigenvalue weighted by Crippen LogP contribution is -2.37. The van der Waals surface area contributed by atoms with Crippen LogP contribution in [0, 0.1) is 5.92 Å². The topological polar surface area (TPSA) is 61.5 Å². The van der Waals surface area contributed by atoms with Gasteiger partial charge in [-0.15, -0.1) is 0 Å². The van der Waals surface area contributed by atoms with E-state index >= 15 is 0 Å². The van der Waals surface area contributed by atoms with E-state index in [1.54, 1.807) is 0 Å². The van der Waals surface area contributed by atoms with Crippen LogP contribution in [-0.4, -0.2) is 31.8 Å². The Morgan fingerprint density at radius 3 is 2.50 bits per heavy atom. The molecule has 0 aliphatic carbocycles. The average molecular weight is 279 g/mol. The van der Waals surface area contributed by atoms with E-state index in [0.717, 1.165) is 12.0 Å². The van der Waals surface area contributed by atoms with Gasteiger partial charge in [0.15, 0.2) is 6.10 Å². The third-order valence-corrected chi connectivity index (χ3v) is 3.59. The Kier molecular flexibility index (Phi) is 7.26. The molecule has 20 heavy (non-hydrogen) atoms. The van der Waals surface area contributed by atoms with Crippen LogP contribution in [0.25, 0.3) is 0 Å². The molecule has 4 heteroatoms. The fourth-order valence-corrected chi connectivity index (χ4v) is 1.86. The lowest BCUT2D eigenvalue weighted by atomic mass is 10.0. The van der Waals surface area contributed by atoms with Crippen LogP contribution in [0.4, 0.5) is 0 Å². The molecule has 0 heterocycles. The summed E-state index contributed by atoms with van der Waals surface area (Å²) < 4.78 is 10.5. The zero-order valence-electron chi connectivity index (χ0n) is 12.5. The summed E-state index contributed by atoms with van der Waals surface area (Å²) in [6.45, 7) is 4.53. The smallest absolute Gasteiger partial charge is 0.335 e. The van der Waals surface area contributed by atoms with Gasteiger partial charge in [-0.1, -0.05) is 50.6 Å². The summed E-state index contributed by atoms with van der Waals surface area (Å²) in [5, 5.41) is 0. The first-order valence-electron chi connectivity index (χ1n) is 7.07. The lowest BCUT2D eigenvalue weighted by Gasteiger charge is -2.22. The number of esters is 1. The predicted octanol–water partition coefficient (Wildman–Crippen LogP) is 2.16. The standard InChI is InChI=1S/C16H25NO3/c1-4-12(2)14(17)11-20-15(16(18)19-3)10-13-8-6-5-7-9-13/h5-9,12,14-15H,4,10-11,17H2,1-3H3/t12?,14-,15-/m1/s1. The van der Waals surface area contributed by atoms with Gasteiger partial charge in [-0.25, -0.2) is 4.79 Å². The van der Waals surface area contributed by atoms with E-state index in [4.69, 9.17) is 15.2 Å². The van der Waals surface area contributed by atoms with Gasteiger partial charge in [0.05, 0.1) is 13.7 Å². The van der Waals surface area contributed by atoms with Crippen molar-refractivity contribution in [1.82, 2.24) is 0 Å². The Labute approximate surface area is 121 Å². The summed E-state index contributed by atoms with van der Waals surface area (Å²) in [6.07, 6.45) is 0.893. The molecule has 0 aliphatic heterocycles.